The van der Waals surface area contributed by atoms with Crippen molar-refractivity contribution in [2.45, 2.75) is 63.9 Å². The average Bonchev–Trinajstić information content (AvgIpc) is 2.31. The van der Waals surface area contributed by atoms with Crippen LogP contribution in [0.4, 0.5) is 0 Å². The van der Waals surface area contributed by atoms with Crippen molar-refractivity contribution >= 4 is 0 Å². The van der Waals surface area contributed by atoms with Gasteiger partial charge in [-0.1, -0.05) is 0 Å². The third kappa shape index (κ3) is 3.42. The predicted octanol–water partition coefficient (Wildman–Crippen LogP) is 0.665. The molecule has 1 saturated heterocycles. The summed E-state index contributed by atoms with van der Waals surface area (Å²) in [6.45, 7) is 9.99. The lowest BCUT2D eigenvalue weighted by Gasteiger charge is -2.30. The molecule has 3 N–H and O–H groups in total. The van der Waals surface area contributed by atoms with Gasteiger partial charge in [0, 0.05) is 12.6 Å². The van der Waals surface area contributed by atoms with Crippen LogP contribution in [-0.2, 0) is 4.74 Å². The molecular formula is C12H25NO3. The summed E-state index contributed by atoms with van der Waals surface area (Å²) in [5, 5.41) is 22.0. The van der Waals surface area contributed by atoms with Gasteiger partial charge < -0.3 is 20.3 Å². The number of ether oxygens (including phenoxy) is 1. The topological polar surface area (TPSA) is 61.7 Å². The monoisotopic (exact) mass is 231 g/mol. The number of aliphatic hydroxyl groups excluding tert-OH is 1. The minimum Gasteiger partial charge on any atom is -0.393 e. The number of aliphatic hydroxyl groups is 2. The first kappa shape index (κ1) is 13.9. The summed E-state index contributed by atoms with van der Waals surface area (Å²) in [7, 11) is 0. The van der Waals surface area contributed by atoms with Gasteiger partial charge in [-0.25, -0.2) is 0 Å². The Kier molecular flexibility index (Phi) is 3.70. The molecule has 0 radical (unpaired) electrons. The Hall–Kier alpha value is -0.160. The SMILES string of the molecule is CC(O)(CO)CNC1CC(C)(C)OC1(C)C. The second-order valence-corrected chi connectivity index (χ2v) is 6.26. The molecule has 4 nitrogen and oxygen atoms in total. The maximum Gasteiger partial charge on any atom is 0.0972 e. The quantitative estimate of drug-likeness (QED) is 0.665. The first-order chi connectivity index (χ1) is 7.08. The van der Waals surface area contributed by atoms with E-state index in [0.717, 1.165) is 6.42 Å². The zero-order chi connectivity index (χ0) is 12.6. The van der Waals surface area contributed by atoms with E-state index in [4.69, 9.17) is 9.84 Å². The lowest BCUT2D eigenvalue weighted by Crippen LogP contribution is -2.50. The van der Waals surface area contributed by atoms with Gasteiger partial charge in [0.15, 0.2) is 0 Å². The van der Waals surface area contributed by atoms with E-state index in [9.17, 15) is 5.11 Å². The summed E-state index contributed by atoms with van der Waals surface area (Å²) < 4.78 is 5.94. The fourth-order valence-corrected chi connectivity index (χ4v) is 2.28. The van der Waals surface area contributed by atoms with E-state index >= 15 is 0 Å². The molecule has 4 heteroatoms. The normalized spacial score (nSPS) is 31.3. The summed E-state index contributed by atoms with van der Waals surface area (Å²) in [4.78, 5) is 0. The summed E-state index contributed by atoms with van der Waals surface area (Å²) in [5.41, 5.74) is -1.44. The van der Waals surface area contributed by atoms with Gasteiger partial charge in [-0.3, -0.25) is 0 Å². The highest BCUT2D eigenvalue weighted by Crippen LogP contribution is 2.37. The molecule has 0 aromatic heterocycles. The highest BCUT2D eigenvalue weighted by molar-refractivity contribution is 4.99. The van der Waals surface area contributed by atoms with Crippen LogP contribution in [-0.4, -0.2) is 46.2 Å². The van der Waals surface area contributed by atoms with E-state index in [-0.39, 0.29) is 23.9 Å². The number of hydrogen-bond donors (Lipinski definition) is 3. The predicted molar refractivity (Wildman–Crippen MR) is 63.4 cm³/mol. The van der Waals surface area contributed by atoms with Crippen LogP contribution in [0.3, 0.4) is 0 Å². The van der Waals surface area contributed by atoms with Crippen molar-refractivity contribution in [3.05, 3.63) is 0 Å². The third-order valence-corrected chi connectivity index (χ3v) is 3.14. The van der Waals surface area contributed by atoms with Gasteiger partial charge in [-0.05, 0) is 41.0 Å². The molecule has 0 aromatic rings. The molecule has 96 valence electrons. The molecule has 1 aliphatic rings. The lowest BCUT2D eigenvalue weighted by molar-refractivity contribution is -0.0718. The smallest absolute Gasteiger partial charge is 0.0972 e. The number of hydrogen-bond acceptors (Lipinski definition) is 4. The lowest BCUT2D eigenvalue weighted by atomic mass is 9.93. The standard InChI is InChI=1S/C12H25NO3/c1-10(2)6-9(11(3,4)16-10)13-7-12(5,15)8-14/h9,13-15H,6-8H2,1-5H3. The average molecular weight is 231 g/mol. The van der Waals surface area contributed by atoms with Gasteiger partial charge in [-0.2, -0.15) is 0 Å². The highest BCUT2D eigenvalue weighted by Gasteiger charge is 2.45. The Bertz CT molecular complexity index is 249. The molecule has 1 aliphatic heterocycles. The van der Waals surface area contributed by atoms with Crippen LogP contribution < -0.4 is 5.32 Å². The van der Waals surface area contributed by atoms with Crippen molar-refractivity contribution in [3.8, 4) is 0 Å². The molecule has 1 fully saturated rings. The summed E-state index contributed by atoms with van der Waals surface area (Å²) in [5.74, 6) is 0. The number of nitrogens with one attached hydrogen (secondary N) is 1. The summed E-state index contributed by atoms with van der Waals surface area (Å²) in [6, 6.07) is 0.195. The van der Waals surface area contributed by atoms with E-state index in [1.165, 1.54) is 0 Å². The molecule has 0 bridgehead atoms. The second-order valence-electron chi connectivity index (χ2n) is 6.26. The van der Waals surface area contributed by atoms with Crippen molar-refractivity contribution in [2.24, 2.45) is 0 Å². The van der Waals surface area contributed by atoms with Gasteiger partial charge in [0.1, 0.15) is 0 Å². The maximum atomic E-state index is 9.73. The van der Waals surface area contributed by atoms with Crippen molar-refractivity contribution in [3.63, 3.8) is 0 Å². The van der Waals surface area contributed by atoms with E-state index in [2.05, 4.69) is 19.2 Å². The van der Waals surface area contributed by atoms with Crippen LogP contribution in [0.25, 0.3) is 0 Å². The zero-order valence-corrected chi connectivity index (χ0v) is 11.0. The maximum absolute atomic E-state index is 9.73. The Morgan fingerprint density at radius 2 is 1.94 bits per heavy atom. The Morgan fingerprint density at radius 3 is 2.31 bits per heavy atom. The first-order valence-corrected chi connectivity index (χ1v) is 5.85. The van der Waals surface area contributed by atoms with Crippen molar-refractivity contribution in [2.75, 3.05) is 13.2 Å². The molecule has 2 atom stereocenters. The van der Waals surface area contributed by atoms with Crippen molar-refractivity contribution < 1.29 is 14.9 Å². The molecule has 2 unspecified atom stereocenters. The molecule has 0 aromatic carbocycles. The minimum atomic E-state index is -1.07. The number of rotatable bonds is 4. The Morgan fingerprint density at radius 1 is 1.38 bits per heavy atom. The van der Waals surface area contributed by atoms with Crippen LogP contribution in [0.2, 0.25) is 0 Å². The van der Waals surface area contributed by atoms with E-state index in [0.29, 0.717) is 6.54 Å². The van der Waals surface area contributed by atoms with Gasteiger partial charge >= 0.3 is 0 Å². The molecule has 1 heterocycles. The van der Waals surface area contributed by atoms with E-state index in [1.54, 1.807) is 6.92 Å². The van der Waals surface area contributed by atoms with Crippen molar-refractivity contribution in [1.82, 2.24) is 5.32 Å². The third-order valence-electron chi connectivity index (χ3n) is 3.14. The van der Waals surface area contributed by atoms with Gasteiger partial charge in [0.2, 0.25) is 0 Å². The van der Waals surface area contributed by atoms with Gasteiger partial charge in [0.05, 0.1) is 23.4 Å². The van der Waals surface area contributed by atoms with Crippen LogP contribution in [0.5, 0.6) is 0 Å². The molecule has 0 amide bonds. The fraction of sp³-hybridized carbons (Fsp3) is 1.00. The van der Waals surface area contributed by atoms with Crippen LogP contribution in [0.1, 0.15) is 41.0 Å². The van der Waals surface area contributed by atoms with Crippen LogP contribution in [0.15, 0.2) is 0 Å². The van der Waals surface area contributed by atoms with Crippen LogP contribution in [0, 0.1) is 0 Å². The Labute approximate surface area is 98.0 Å². The zero-order valence-electron chi connectivity index (χ0n) is 11.0. The van der Waals surface area contributed by atoms with E-state index < -0.39 is 5.60 Å². The largest absolute Gasteiger partial charge is 0.393 e. The molecule has 0 spiro atoms. The van der Waals surface area contributed by atoms with E-state index in [1.807, 2.05) is 13.8 Å². The molecule has 16 heavy (non-hydrogen) atoms. The first-order valence-electron chi connectivity index (χ1n) is 5.85. The second kappa shape index (κ2) is 4.26. The van der Waals surface area contributed by atoms with Gasteiger partial charge in [0.25, 0.3) is 0 Å². The van der Waals surface area contributed by atoms with Crippen molar-refractivity contribution in [1.29, 1.82) is 0 Å². The molecule has 0 aliphatic carbocycles. The molecular weight excluding hydrogens is 206 g/mol. The molecule has 0 saturated carbocycles. The van der Waals surface area contributed by atoms with Crippen LogP contribution >= 0.6 is 0 Å². The Balaban J connectivity index is 2.55. The van der Waals surface area contributed by atoms with Gasteiger partial charge in [-0.15, -0.1) is 0 Å². The summed E-state index contributed by atoms with van der Waals surface area (Å²) in [6.07, 6.45) is 0.904. The highest BCUT2D eigenvalue weighted by atomic mass is 16.5. The summed E-state index contributed by atoms with van der Waals surface area (Å²) >= 11 is 0. The molecule has 1 rings (SSSR count). The fourth-order valence-electron chi connectivity index (χ4n) is 2.28. The minimum absolute atomic E-state index is 0.133.